The number of halogens is 1. The molecule has 4 heteroatoms. The van der Waals surface area contributed by atoms with Gasteiger partial charge in [-0.25, -0.2) is 0 Å². The van der Waals surface area contributed by atoms with Crippen LogP contribution in [-0.2, 0) is 6.54 Å². The van der Waals surface area contributed by atoms with Crippen molar-refractivity contribution in [2.45, 2.75) is 32.7 Å². The average Bonchev–Trinajstić information content (AvgIpc) is 2.37. The van der Waals surface area contributed by atoms with Crippen LogP contribution >= 0.6 is 11.6 Å². The van der Waals surface area contributed by atoms with Crippen molar-refractivity contribution in [1.82, 2.24) is 5.32 Å². The van der Waals surface area contributed by atoms with E-state index in [9.17, 15) is 0 Å². The maximum atomic E-state index is 8.47. The van der Waals surface area contributed by atoms with E-state index in [2.05, 4.69) is 18.3 Å². The highest BCUT2D eigenvalue weighted by Crippen LogP contribution is 2.26. The summed E-state index contributed by atoms with van der Waals surface area (Å²) in [5.74, 6) is 0.809. The number of nitriles is 1. The minimum absolute atomic E-state index is 0.518. The molecule has 0 atom stereocenters. The molecule has 0 aliphatic heterocycles. The number of rotatable bonds is 8. The maximum absolute atomic E-state index is 8.47. The first-order chi connectivity index (χ1) is 8.79. The molecule has 1 aromatic rings. The van der Waals surface area contributed by atoms with E-state index >= 15 is 0 Å². The largest absolute Gasteiger partial charge is 0.493 e. The van der Waals surface area contributed by atoms with Crippen molar-refractivity contribution >= 4 is 11.6 Å². The Balaban J connectivity index is 2.59. The lowest BCUT2D eigenvalue weighted by Crippen LogP contribution is -2.15. The minimum atomic E-state index is 0.518. The van der Waals surface area contributed by atoms with Gasteiger partial charge in [0.25, 0.3) is 0 Å². The molecule has 0 bridgehead atoms. The number of ether oxygens (including phenoxy) is 1. The van der Waals surface area contributed by atoms with Gasteiger partial charge in [0, 0.05) is 23.6 Å². The normalized spacial score (nSPS) is 10.1. The molecule has 1 aromatic carbocycles. The van der Waals surface area contributed by atoms with Crippen LogP contribution in [0.25, 0.3) is 0 Å². The molecule has 0 saturated heterocycles. The van der Waals surface area contributed by atoms with Crippen LogP contribution in [0.2, 0.25) is 5.02 Å². The second kappa shape index (κ2) is 8.79. The Morgan fingerprint density at radius 2 is 2.28 bits per heavy atom. The fourth-order valence-corrected chi connectivity index (χ4v) is 1.80. The fourth-order valence-electron chi connectivity index (χ4n) is 1.57. The van der Waals surface area contributed by atoms with Crippen LogP contribution in [0.1, 0.15) is 31.7 Å². The van der Waals surface area contributed by atoms with Crippen LogP contribution in [0.4, 0.5) is 0 Å². The lowest BCUT2D eigenvalue weighted by atomic mass is 10.2. The number of unbranched alkanes of at least 4 members (excludes halogenated alkanes) is 1. The number of hydrogen-bond donors (Lipinski definition) is 1. The number of nitrogens with one attached hydrogen (secondary N) is 1. The lowest BCUT2D eigenvalue weighted by molar-refractivity contribution is 0.309. The number of hydrogen-bond acceptors (Lipinski definition) is 3. The SMILES string of the molecule is CCCNCc1c(Cl)cccc1OCCCC#N. The van der Waals surface area contributed by atoms with Crippen molar-refractivity contribution in [3.05, 3.63) is 28.8 Å². The second-order valence-electron chi connectivity index (χ2n) is 4.00. The zero-order chi connectivity index (χ0) is 13.2. The molecule has 98 valence electrons. The minimum Gasteiger partial charge on any atom is -0.493 e. The predicted octanol–water partition coefficient (Wildman–Crippen LogP) is 3.52. The smallest absolute Gasteiger partial charge is 0.125 e. The lowest BCUT2D eigenvalue weighted by Gasteiger charge is -2.13. The fraction of sp³-hybridized carbons (Fsp3) is 0.500. The summed E-state index contributed by atoms with van der Waals surface area (Å²) in [6, 6.07) is 7.77. The van der Waals surface area contributed by atoms with E-state index in [0.717, 1.165) is 35.7 Å². The van der Waals surface area contributed by atoms with Crippen molar-refractivity contribution in [3.63, 3.8) is 0 Å². The first kappa shape index (κ1) is 14.8. The highest BCUT2D eigenvalue weighted by Gasteiger charge is 2.07. The summed E-state index contributed by atoms with van der Waals surface area (Å²) >= 11 is 6.18. The summed E-state index contributed by atoms with van der Waals surface area (Å²) in [7, 11) is 0. The van der Waals surface area contributed by atoms with Gasteiger partial charge in [0.2, 0.25) is 0 Å². The van der Waals surface area contributed by atoms with E-state index in [1.807, 2.05) is 18.2 Å². The molecular weight excluding hydrogens is 248 g/mol. The van der Waals surface area contributed by atoms with Crippen molar-refractivity contribution in [2.75, 3.05) is 13.2 Å². The zero-order valence-corrected chi connectivity index (χ0v) is 11.5. The molecule has 0 aromatic heterocycles. The van der Waals surface area contributed by atoms with Crippen molar-refractivity contribution in [1.29, 1.82) is 5.26 Å². The molecule has 0 saturated carbocycles. The van der Waals surface area contributed by atoms with E-state index in [0.29, 0.717) is 19.6 Å². The zero-order valence-electron chi connectivity index (χ0n) is 10.7. The summed E-state index contributed by atoms with van der Waals surface area (Å²) in [6.45, 7) is 4.34. The Kier molecular flexibility index (Phi) is 7.24. The Morgan fingerprint density at radius 3 is 3.00 bits per heavy atom. The molecular formula is C14H19ClN2O. The Labute approximate surface area is 114 Å². The summed E-state index contributed by atoms with van der Waals surface area (Å²) < 4.78 is 5.68. The van der Waals surface area contributed by atoms with E-state index in [1.54, 1.807) is 0 Å². The standard InChI is InChI=1S/C14H19ClN2O/c1-2-9-17-11-12-13(15)6-5-7-14(12)18-10-4-3-8-16/h5-7,17H,2-4,9-11H2,1H3. The summed E-state index contributed by atoms with van der Waals surface area (Å²) in [5.41, 5.74) is 0.990. The van der Waals surface area contributed by atoms with E-state index in [4.69, 9.17) is 21.6 Å². The molecule has 0 fully saturated rings. The summed E-state index contributed by atoms with van der Waals surface area (Å²) in [4.78, 5) is 0. The molecule has 1 rings (SSSR count). The molecule has 0 radical (unpaired) electrons. The highest BCUT2D eigenvalue weighted by molar-refractivity contribution is 6.31. The Morgan fingerprint density at radius 1 is 1.44 bits per heavy atom. The summed E-state index contributed by atoms with van der Waals surface area (Å²) in [6.07, 6.45) is 2.34. The summed E-state index contributed by atoms with van der Waals surface area (Å²) in [5, 5.41) is 12.5. The molecule has 1 N–H and O–H groups in total. The first-order valence-electron chi connectivity index (χ1n) is 6.27. The van der Waals surface area contributed by atoms with Gasteiger partial charge in [-0.1, -0.05) is 24.6 Å². The highest BCUT2D eigenvalue weighted by atomic mass is 35.5. The van der Waals surface area contributed by atoms with E-state index in [-0.39, 0.29) is 0 Å². The van der Waals surface area contributed by atoms with Crippen molar-refractivity contribution in [3.8, 4) is 11.8 Å². The molecule has 0 aliphatic carbocycles. The topological polar surface area (TPSA) is 45.0 Å². The van der Waals surface area contributed by atoms with Crippen LogP contribution < -0.4 is 10.1 Å². The second-order valence-corrected chi connectivity index (χ2v) is 4.41. The van der Waals surface area contributed by atoms with Gasteiger partial charge in [-0.3, -0.25) is 0 Å². The van der Waals surface area contributed by atoms with Gasteiger partial charge in [0.05, 0.1) is 12.7 Å². The van der Waals surface area contributed by atoms with Gasteiger partial charge < -0.3 is 10.1 Å². The van der Waals surface area contributed by atoms with Crippen LogP contribution in [0.3, 0.4) is 0 Å². The predicted molar refractivity (Wildman–Crippen MR) is 73.8 cm³/mol. The molecule has 0 unspecified atom stereocenters. The van der Waals surface area contributed by atoms with Crippen LogP contribution in [-0.4, -0.2) is 13.2 Å². The van der Waals surface area contributed by atoms with Gasteiger partial charge in [-0.2, -0.15) is 5.26 Å². The molecule has 18 heavy (non-hydrogen) atoms. The van der Waals surface area contributed by atoms with Crippen molar-refractivity contribution < 1.29 is 4.74 Å². The molecule has 0 amide bonds. The average molecular weight is 267 g/mol. The maximum Gasteiger partial charge on any atom is 0.125 e. The molecule has 3 nitrogen and oxygen atoms in total. The first-order valence-corrected chi connectivity index (χ1v) is 6.65. The quantitative estimate of drug-likeness (QED) is 0.732. The third kappa shape index (κ3) is 4.95. The number of nitrogens with zero attached hydrogens (tertiary/aromatic N) is 1. The van der Waals surface area contributed by atoms with Crippen LogP contribution in [0, 0.1) is 11.3 Å². The van der Waals surface area contributed by atoms with Gasteiger partial charge in [-0.05, 0) is 31.5 Å². The molecule has 0 spiro atoms. The number of benzene rings is 1. The van der Waals surface area contributed by atoms with Crippen LogP contribution in [0.15, 0.2) is 18.2 Å². The third-order valence-electron chi connectivity index (χ3n) is 2.49. The van der Waals surface area contributed by atoms with Crippen LogP contribution in [0.5, 0.6) is 5.75 Å². The van der Waals surface area contributed by atoms with Crippen molar-refractivity contribution in [2.24, 2.45) is 0 Å². The van der Waals surface area contributed by atoms with E-state index in [1.165, 1.54) is 0 Å². The monoisotopic (exact) mass is 266 g/mol. The molecule has 0 aliphatic rings. The van der Waals surface area contributed by atoms with Gasteiger partial charge in [-0.15, -0.1) is 0 Å². The Bertz CT molecular complexity index is 401. The van der Waals surface area contributed by atoms with Gasteiger partial charge in [0.15, 0.2) is 0 Å². The van der Waals surface area contributed by atoms with E-state index < -0.39 is 0 Å². The Hall–Kier alpha value is -1.24. The van der Waals surface area contributed by atoms with Gasteiger partial charge >= 0.3 is 0 Å². The molecule has 0 heterocycles. The third-order valence-corrected chi connectivity index (χ3v) is 2.85. The van der Waals surface area contributed by atoms with Gasteiger partial charge in [0.1, 0.15) is 5.75 Å².